The number of allylic oxidation sites excluding steroid dienone is 16. The van der Waals surface area contributed by atoms with Crippen LogP contribution in [0.25, 0.3) is 0 Å². The molecule has 5 atom stereocenters. The summed E-state index contributed by atoms with van der Waals surface area (Å²) in [7, 11) is -9.78. The van der Waals surface area contributed by atoms with Crippen LogP contribution in [0, 0.1) is 0 Å². The Morgan fingerprint density at radius 1 is 0.257 bits per heavy atom. The quantitative estimate of drug-likeness (QED) is 0.0146. The van der Waals surface area contributed by atoms with E-state index in [1.54, 1.807) is 0 Å². The van der Waals surface area contributed by atoms with Crippen molar-refractivity contribution in [3.8, 4) is 0 Å². The van der Waals surface area contributed by atoms with Crippen LogP contribution in [0.1, 0.15) is 406 Å². The first-order valence-corrected chi connectivity index (χ1v) is 47.5. The lowest BCUT2D eigenvalue weighted by atomic mass is 10.0. The fraction of sp³-hybridized carbons (Fsp3) is 0.791. The van der Waals surface area contributed by atoms with Gasteiger partial charge in [-0.25, -0.2) is 9.13 Å². The van der Waals surface area contributed by atoms with E-state index in [-0.39, 0.29) is 19.3 Å². The molecule has 0 aromatic heterocycles. The molecule has 18 heteroatoms. The van der Waals surface area contributed by atoms with E-state index in [4.69, 9.17) is 32.3 Å². The first-order valence-electron chi connectivity index (χ1n) is 44.5. The van der Waals surface area contributed by atoms with Gasteiger partial charge in [0.15, 0.2) is 6.10 Å². The number of aliphatic hydroxyl groups is 2. The van der Waals surface area contributed by atoms with E-state index in [1.165, 1.54) is 238 Å². The van der Waals surface area contributed by atoms with Crippen molar-refractivity contribution in [2.45, 2.75) is 424 Å². The number of aliphatic hydroxyl groups excluding tert-OH is 2. The van der Waals surface area contributed by atoms with Crippen LogP contribution in [-0.4, -0.2) is 95.9 Å². The van der Waals surface area contributed by atoms with Crippen LogP contribution >= 0.6 is 15.6 Å². The van der Waals surface area contributed by atoms with Gasteiger partial charge in [0, 0.05) is 19.3 Å². The molecule has 0 fully saturated rings. The van der Waals surface area contributed by atoms with Crippen LogP contribution in [0.15, 0.2) is 97.2 Å². The van der Waals surface area contributed by atoms with E-state index in [2.05, 4.69) is 118 Å². The molecule has 0 spiro atoms. The lowest BCUT2D eigenvalue weighted by molar-refractivity contribution is -0.161. The molecule has 0 rings (SSSR count). The standard InChI is InChI=1S/C91H164O16P2/c1-4-7-10-13-16-19-22-25-27-29-31-33-35-37-39-41-42-44-46-47-49-51-53-55-57-60-62-65-68-71-74-77-89(94)101-80-86(92)81-103-108(97,98)104-82-87(93)83-105-109(99,100)106-85-88(107-91(96)79-76-73-70-67-64-59-24-21-18-15-12-9-6-3)84-102-90(95)78-75-72-69-66-63-61-58-56-54-52-50-48-45-43-40-38-36-34-32-30-28-26-23-20-17-14-11-8-5-2/h16-17,19-20,25-28,31-34,37-40,86-88,92-93H,4-15,18,21-24,29-30,35-36,41-85H2,1-3H3,(H,97,98)(H,99,100)/b19-16-,20-17-,27-25-,28-26-,33-31-,34-32-,39-37-,40-38-. The molecule has 634 valence electrons. The zero-order valence-electron chi connectivity index (χ0n) is 69.7. The molecule has 0 aliphatic carbocycles. The topological polar surface area (TPSA) is 231 Å². The summed E-state index contributed by atoms with van der Waals surface area (Å²) in [6, 6.07) is 0. The predicted octanol–water partition coefficient (Wildman–Crippen LogP) is 26.9. The third-order valence-corrected chi connectivity index (χ3v) is 21.2. The Morgan fingerprint density at radius 2 is 0.459 bits per heavy atom. The summed E-state index contributed by atoms with van der Waals surface area (Å²) in [5, 5.41) is 20.7. The highest BCUT2D eigenvalue weighted by Crippen LogP contribution is 2.45. The molecule has 16 nitrogen and oxygen atoms in total. The summed E-state index contributed by atoms with van der Waals surface area (Å²) in [6.07, 6.45) is 98.9. The summed E-state index contributed by atoms with van der Waals surface area (Å²) in [5.41, 5.74) is 0. The molecule has 4 N–H and O–H groups in total. The van der Waals surface area contributed by atoms with Crippen molar-refractivity contribution >= 4 is 33.6 Å². The van der Waals surface area contributed by atoms with Crippen LogP contribution < -0.4 is 0 Å². The lowest BCUT2D eigenvalue weighted by Gasteiger charge is -2.21. The third-order valence-electron chi connectivity index (χ3n) is 19.3. The number of phosphoric ester groups is 2. The van der Waals surface area contributed by atoms with Gasteiger partial charge in [0.2, 0.25) is 0 Å². The highest BCUT2D eigenvalue weighted by molar-refractivity contribution is 7.47. The molecule has 109 heavy (non-hydrogen) atoms. The number of phosphoric acid groups is 2. The molecule has 0 saturated heterocycles. The molecule has 0 aromatic carbocycles. The van der Waals surface area contributed by atoms with Gasteiger partial charge in [0.25, 0.3) is 0 Å². The van der Waals surface area contributed by atoms with Crippen molar-refractivity contribution in [1.82, 2.24) is 0 Å². The first-order chi connectivity index (χ1) is 53.2. The van der Waals surface area contributed by atoms with Crippen molar-refractivity contribution in [1.29, 1.82) is 0 Å². The minimum absolute atomic E-state index is 0.109. The molecule has 5 unspecified atom stereocenters. The van der Waals surface area contributed by atoms with Gasteiger partial charge >= 0.3 is 33.6 Å². The Kier molecular flexibility index (Phi) is 81.2. The number of rotatable bonds is 85. The average Bonchev–Trinajstić information content (AvgIpc) is 0.916. The van der Waals surface area contributed by atoms with Crippen molar-refractivity contribution in [2.75, 3.05) is 39.6 Å². The highest BCUT2D eigenvalue weighted by Gasteiger charge is 2.29. The van der Waals surface area contributed by atoms with Crippen LogP contribution in [0.5, 0.6) is 0 Å². The summed E-state index contributed by atoms with van der Waals surface area (Å²) in [4.78, 5) is 58.8. The van der Waals surface area contributed by atoms with E-state index in [0.717, 1.165) is 109 Å². The number of unbranched alkanes of at least 4 members (excludes halogenated alkanes) is 46. The fourth-order valence-corrected chi connectivity index (χ4v) is 14.1. The molecule has 0 amide bonds. The summed E-state index contributed by atoms with van der Waals surface area (Å²) in [6.45, 7) is 2.69. The zero-order chi connectivity index (χ0) is 79.4. The molecule has 0 aliphatic rings. The maximum absolute atomic E-state index is 13.0. The second-order valence-corrected chi connectivity index (χ2v) is 33.0. The van der Waals surface area contributed by atoms with Gasteiger partial charge in [-0.2, -0.15) is 0 Å². The number of carbonyl (C=O) groups excluding carboxylic acids is 3. The van der Waals surface area contributed by atoms with Crippen LogP contribution in [0.3, 0.4) is 0 Å². The van der Waals surface area contributed by atoms with E-state index < -0.39 is 91.5 Å². The highest BCUT2D eigenvalue weighted by atomic mass is 31.2. The Balaban J connectivity index is 4.42. The number of ether oxygens (including phenoxy) is 3. The number of hydrogen-bond donors (Lipinski definition) is 4. The maximum atomic E-state index is 13.0. The molecule has 0 aliphatic heterocycles. The lowest BCUT2D eigenvalue weighted by Crippen LogP contribution is -2.30. The second kappa shape index (κ2) is 83.9. The van der Waals surface area contributed by atoms with Crippen molar-refractivity contribution < 1.29 is 75.8 Å². The SMILES string of the molecule is CCCCC/C=C\C/C=C\C/C=C\C/C=C\CCCCCCCCCCCCCCCCCC(=O)OCC(O)COP(=O)(O)OCC(O)COP(=O)(O)OCC(COC(=O)CCCCCCCCCCCCCCC/C=C\C/C=C\C/C=C\C/C=C\CCCCC)OC(=O)CCCCCCCCCCCCCCC. The van der Waals surface area contributed by atoms with Gasteiger partial charge in [-0.1, -0.05) is 375 Å². The van der Waals surface area contributed by atoms with Crippen LogP contribution in [0.2, 0.25) is 0 Å². The van der Waals surface area contributed by atoms with E-state index in [1.807, 2.05) is 0 Å². The number of carbonyl (C=O) groups is 3. The molecular weight excluding hydrogens is 1410 g/mol. The minimum atomic E-state index is -4.93. The van der Waals surface area contributed by atoms with Crippen molar-refractivity contribution in [3.63, 3.8) is 0 Å². The third kappa shape index (κ3) is 85.2. The molecule has 0 aromatic rings. The van der Waals surface area contributed by atoms with E-state index >= 15 is 0 Å². The van der Waals surface area contributed by atoms with Crippen LogP contribution in [0.4, 0.5) is 0 Å². The fourth-order valence-electron chi connectivity index (χ4n) is 12.5. The van der Waals surface area contributed by atoms with Gasteiger partial charge in [-0.05, 0) is 109 Å². The van der Waals surface area contributed by atoms with E-state index in [0.29, 0.717) is 19.3 Å². The van der Waals surface area contributed by atoms with Gasteiger partial charge < -0.3 is 34.2 Å². The molecule has 0 radical (unpaired) electrons. The number of esters is 3. The molecule has 0 bridgehead atoms. The number of hydrogen-bond acceptors (Lipinski definition) is 14. The molecule has 0 heterocycles. The largest absolute Gasteiger partial charge is 0.472 e. The van der Waals surface area contributed by atoms with Gasteiger partial charge in [-0.15, -0.1) is 0 Å². The summed E-state index contributed by atoms with van der Waals surface area (Å²) in [5.74, 6) is -1.55. The first kappa shape index (κ1) is 105. The second-order valence-electron chi connectivity index (χ2n) is 30.1. The smallest absolute Gasteiger partial charge is 0.463 e. The van der Waals surface area contributed by atoms with Gasteiger partial charge in [0.05, 0.1) is 26.4 Å². The zero-order valence-corrected chi connectivity index (χ0v) is 71.5. The van der Waals surface area contributed by atoms with E-state index in [9.17, 15) is 43.5 Å². The van der Waals surface area contributed by atoms with Crippen molar-refractivity contribution in [3.05, 3.63) is 97.2 Å². The Bertz CT molecular complexity index is 2370. The molecule has 0 saturated carbocycles. The molecular formula is C91H164O16P2. The normalized spacial score (nSPS) is 14.3. The Hall–Kier alpha value is -3.53. The monoisotopic (exact) mass is 1580 g/mol. The average molecular weight is 1580 g/mol. The van der Waals surface area contributed by atoms with Gasteiger partial charge in [-0.3, -0.25) is 32.5 Å². The van der Waals surface area contributed by atoms with Crippen molar-refractivity contribution in [2.24, 2.45) is 0 Å². The Morgan fingerprint density at radius 3 is 0.743 bits per heavy atom. The summed E-state index contributed by atoms with van der Waals surface area (Å²) < 4.78 is 61.3. The van der Waals surface area contributed by atoms with Gasteiger partial charge in [0.1, 0.15) is 25.4 Å². The maximum Gasteiger partial charge on any atom is 0.472 e. The van der Waals surface area contributed by atoms with Crippen LogP contribution in [-0.2, 0) is 55.8 Å². The predicted molar refractivity (Wildman–Crippen MR) is 454 cm³/mol. The minimum Gasteiger partial charge on any atom is -0.463 e. The summed E-state index contributed by atoms with van der Waals surface area (Å²) >= 11 is 0. The Labute approximate surface area is 667 Å².